The highest BCUT2D eigenvalue weighted by molar-refractivity contribution is 6.01. The van der Waals surface area contributed by atoms with Gasteiger partial charge in [-0.1, -0.05) is 12.1 Å². The number of nitrogens with two attached hydrogens (primary N) is 1. The molecule has 2 aromatic carbocycles. The van der Waals surface area contributed by atoms with Crippen molar-refractivity contribution in [3.8, 4) is 22.8 Å². The third-order valence-electron chi connectivity index (χ3n) is 4.74. The van der Waals surface area contributed by atoms with Gasteiger partial charge in [-0.05, 0) is 42.5 Å². The summed E-state index contributed by atoms with van der Waals surface area (Å²) in [6, 6.07) is 16.4. The molecule has 31 heavy (non-hydrogen) atoms. The number of primary amides is 1. The van der Waals surface area contributed by atoms with Gasteiger partial charge in [-0.3, -0.25) is 9.78 Å². The van der Waals surface area contributed by atoms with Gasteiger partial charge in [0.2, 0.25) is 5.89 Å². The molecule has 0 spiro atoms. The number of para-hydroxylation sites is 1. The number of pyridine rings is 1. The molecule has 0 aliphatic rings. The van der Waals surface area contributed by atoms with Gasteiger partial charge in [0.05, 0.1) is 23.0 Å². The number of anilines is 2. The molecule has 0 radical (unpaired) electrons. The molecule has 0 atom stereocenters. The summed E-state index contributed by atoms with van der Waals surface area (Å²) in [7, 11) is 0. The summed E-state index contributed by atoms with van der Waals surface area (Å²) >= 11 is 0. The van der Waals surface area contributed by atoms with Crippen molar-refractivity contribution >= 4 is 28.3 Å². The normalized spacial score (nSPS) is 10.8. The minimum atomic E-state index is -0.533. The zero-order valence-corrected chi connectivity index (χ0v) is 16.2. The molecule has 3 heterocycles. The Labute approximate surface area is 176 Å². The Bertz CT molecular complexity index is 1380. The average molecular weight is 408 g/mol. The first-order valence-corrected chi connectivity index (χ1v) is 9.47. The molecule has 150 valence electrons. The maximum Gasteiger partial charge on any atom is 0.250 e. The number of rotatable bonds is 5. The number of benzene rings is 2. The average Bonchev–Trinajstić information content (AvgIpc) is 3.34. The van der Waals surface area contributed by atoms with E-state index < -0.39 is 5.91 Å². The maximum absolute atomic E-state index is 11.9. The lowest BCUT2D eigenvalue weighted by atomic mass is 10.1. The largest absolute Gasteiger partial charge is 0.445 e. The number of oxazole rings is 1. The van der Waals surface area contributed by atoms with Crippen LogP contribution in [0.15, 0.2) is 83.9 Å². The number of carbonyl (C=O) groups is 1. The smallest absolute Gasteiger partial charge is 0.250 e. The lowest BCUT2D eigenvalue weighted by Crippen LogP contribution is -2.13. The molecular weight excluding hydrogens is 392 g/mol. The first kappa shape index (κ1) is 18.4. The second kappa shape index (κ2) is 7.68. The van der Waals surface area contributed by atoms with Crippen LogP contribution in [0.5, 0.6) is 0 Å². The number of nitrogens with zero attached hydrogens (tertiary/aromatic N) is 4. The molecule has 0 aliphatic heterocycles. The molecule has 5 rings (SSSR count). The number of carbonyl (C=O) groups excluding carboxylic acids is 1. The van der Waals surface area contributed by atoms with Crippen LogP contribution in [0.4, 0.5) is 11.5 Å². The fraction of sp³-hybridized carbons (Fsp3) is 0. The molecule has 0 unspecified atom stereocenters. The van der Waals surface area contributed by atoms with Crippen LogP contribution in [-0.4, -0.2) is 25.8 Å². The van der Waals surface area contributed by atoms with Gasteiger partial charge in [0, 0.05) is 28.9 Å². The summed E-state index contributed by atoms with van der Waals surface area (Å²) in [6.07, 6.45) is 6.49. The number of aromatic nitrogens is 4. The van der Waals surface area contributed by atoms with E-state index in [4.69, 9.17) is 20.1 Å². The van der Waals surface area contributed by atoms with Crippen molar-refractivity contribution in [1.82, 2.24) is 19.9 Å². The lowest BCUT2D eigenvalue weighted by Gasteiger charge is -2.13. The minimum Gasteiger partial charge on any atom is -0.445 e. The summed E-state index contributed by atoms with van der Waals surface area (Å²) in [5.41, 5.74) is 8.72. The van der Waals surface area contributed by atoms with E-state index in [2.05, 4.69) is 15.3 Å². The second-order valence-corrected chi connectivity index (χ2v) is 6.74. The van der Waals surface area contributed by atoms with Crippen LogP contribution in [0.3, 0.4) is 0 Å². The Hall–Kier alpha value is -4.59. The number of nitrogens with one attached hydrogen (secondary N) is 1. The summed E-state index contributed by atoms with van der Waals surface area (Å²) in [4.78, 5) is 29.7. The van der Waals surface area contributed by atoms with E-state index in [0.717, 1.165) is 16.5 Å². The van der Waals surface area contributed by atoms with Crippen molar-refractivity contribution < 1.29 is 9.21 Å². The van der Waals surface area contributed by atoms with E-state index in [1.54, 1.807) is 36.8 Å². The molecule has 5 aromatic rings. The van der Waals surface area contributed by atoms with Crippen molar-refractivity contribution in [3.05, 3.63) is 85.0 Å². The highest BCUT2D eigenvalue weighted by Gasteiger charge is 2.15. The van der Waals surface area contributed by atoms with Crippen LogP contribution < -0.4 is 11.1 Å². The van der Waals surface area contributed by atoms with E-state index in [-0.39, 0.29) is 0 Å². The van der Waals surface area contributed by atoms with E-state index >= 15 is 0 Å². The topological polar surface area (TPSA) is 120 Å². The van der Waals surface area contributed by atoms with E-state index in [0.29, 0.717) is 34.3 Å². The second-order valence-electron chi connectivity index (χ2n) is 6.74. The van der Waals surface area contributed by atoms with Crippen LogP contribution in [0.1, 0.15) is 10.4 Å². The fourth-order valence-corrected chi connectivity index (χ4v) is 3.28. The molecule has 0 bridgehead atoms. The number of fused-ring (bicyclic) bond motifs is 1. The van der Waals surface area contributed by atoms with Gasteiger partial charge in [-0.2, -0.15) is 0 Å². The van der Waals surface area contributed by atoms with Gasteiger partial charge in [-0.15, -0.1) is 0 Å². The summed E-state index contributed by atoms with van der Waals surface area (Å²) in [6.45, 7) is 0. The molecule has 0 aliphatic carbocycles. The fourth-order valence-electron chi connectivity index (χ4n) is 3.28. The number of hydrogen-bond acceptors (Lipinski definition) is 7. The molecular formula is C23H16N6O2. The summed E-state index contributed by atoms with van der Waals surface area (Å²) in [5.74, 6) is 0.977. The molecule has 0 saturated carbocycles. The van der Waals surface area contributed by atoms with Crippen molar-refractivity contribution in [2.75, 3.05) is 5.32 Å². The van der Waals surface area contributed by atoms with Crippen LogP contribution in [0, 0.1) is 0 Å². The lowest BCUT2D eigenvalue weighted by molar-refractivity contribution is 0.100. The first-order valence-electron chi connectivity index (χ1n) is 9.47. The van der Waals surface area contributed by atoms with Gasteiger partial charge < -0.3 is 15.5 Å². The Balaban J connectivity index is 1.71. The molecule has 0 fully saturated rings. The van der Waals surface area contributed by atoms with E-state index in [1.807, 2.05) is 36.4 Å². The highest BCUT2D eigenvalue weighted by Crippen LogP contribution is 2.31. The minimum absolute atomic E-state index is 0.362. The highest BCUT2D eigenvalue weighted by atomic mass is 16.3. The van der Waals surface area contributed by atoms with Crippen LogP contribution in [0.25, 0.3) is 33.7 Å². The van der Waals surface area contributed by atoms with Crippen molar-refractivity contribution in [1.29, 1.82) is 0 Å². The van der Waals surface area contributed by atoms with Gasteiger partial charge in [-0.25, -0.2) is 15.0 Å². The standard InChI is InChI=1S/C23H16N6O2/c24-20(30)16-5-1-2-6-18(16)28-22-17-12-14(23-26-10-11-31-23)7-8-19(17)27-21(29-22)15-4-3-9-25-13-15/h1-13H,(H2,24,30)(H,27,28,29). The summed E-state index contributed by atoms with van der Waals surface area (Å²) < 4.78 is 5.43. The maximum atomic E-state index is 11.9. The summed E-state index contributed by atoms with van der Waals surface area (Å²) in [5, 5.41) is 3.99. The predicted octanol–water partition coefficient (Wildman–Crippen LogP) is 4.19. The van der Waals surface area contributed by atoms with Crippen LogP contribution in [0.2, 0.25) is 0 Å². The van der Waals surface area contributed by atoms with Gasteiger partial charge in [0.1, 0.15) is 12.1 Å². The Morgan fingerprint density at radius 1 is 0.968 bits per heavy atom. The molecule has 3 N–H and O–H groups in total. The van der Waals surface area contributed by atoms with Crippen molar-refractivity contribution in [2.24, 2.45) is 5.73 Å². The molecule has 1 amide bonds. The zero-order chi connectivity index (χ0) is 21.2. The third-order valence-corrected chi connectivity index (χ3v) is 4.74. The van der Waals surface area contributed by atoms with Crippen LogP contribution >= 0.6 is 0 Å². The third kappa shape index (κ3) is 3.58. The van der Waals surface area contributed by atoms with Gasteiger partial charge in [0.25, 0.3) is 5.91 Å². The molecule has 0 saturated heterocycles. The molecule has 3 aromatic heterocycles. The Morgan fingerprint density at radius 2 is 1.87 bits per heavy atom. The Morgan fingerprint density at radius 3 is 2.65 bits per heavy atom. The van der Waals surface area contributed by atoms with E-state index in [9.17, 15) is 4.79 Å². The van der Waals surface area contributed by atoms with E-state index in [1.165, 1.54) is 6.26 Å². The van der Waals surface area contributed by atoms with Crippen molar-refractivity contribution in [2.45, 2.75) is 0 Å². The monoisotopic (exact) mass is 408 g/mol. The van der Waals surface area contributed by atoms with Gasteiger partial charge in [0.15, 0.2) is 5.82 Å². The molecule has 8 heteroatoms. The molecule has 8 nitrogen and oxygen atoms in total. The quantitative estimate of drug-likeness (QED) is 0.447. The first-order chi connectivity index (χ1) is 15.2. The number of amides is 1. The van der Waals surface area contributed by atoms with Gasteiger partial charge >= 0.3 is 0 Å². The van der Waals surface area contributed by atoms with Crippen LogP contribution in [-0.2, 0) is 0 Å². The number of hydrogen-bond donors (Lipinski definition) is 2. The van der Waals surface area contributed by atoms with Crippen molar-refractivity contribution in [3.63, 3.8) is 0 Å². The SMILES string of the molecule is NC(=O)c1ccccc1Nc1nc(-c2cccnc2)nc2ccc(-c3ncco3)cc12. The predicted molar refractivity (Wildman–Crippen MR) is 117 cm³/mol. The Kier molecular flexibility index (Phi) is 4.57. The zero-order valence-electron chi connectivity index (χ0n) is 16.2.